The minimum Gasteiger partial charge on any atom is -0.368 e. The molecule has 0 amide bonds. The normalized spacial score (nSPS) is 23.7. The molecule has 0 spiro atoms. The van der Waals surface area contributed by atoms with Gasteiger partial charge < -0.3 is 16.1 Å². The van der Waals surface area contributed by atoms with Gasteiger partial charge in [0.25, 0.3) is 0 Å². The molecular weight excluding hydrogens is 228 g/mol. The largest absolute Gasteiger partial charge is 0.368 e. The second-order valence-electron chi connectivity index (χ2n) is 5.15. The molecule has 0 aliphatic heterocycles. The maximum absolute atomic E-state index is 5.69. The van der Waals surface area contributed by atoms with Gasteiger partial charge in [0.15, 0.2) is 0 Å². The summed E-state index contributed by atoms with van der Waals surface area (Å²) in [6.45, 7) is 2.31. The lowest BCUT2D eigenvalue weighted by Crippen LogP contribution is -2.36. The molecule has 0 bridgehead atoms. The van der Waals surface area contributed by atoms with Crippen molar-refractivity contribution in [3.8, 4) is 0 Å². The van der Waals surface area contributed by atoms with Crippen LogP contribution >= 0.6 is 0 Å². The number of nitrogens with one attached hydrogen (secondary N) is 1. The van der Waals surface area contributed by atoms with Crippen molar-refractivity contribution in [3.05, 3.63) is 6.07 Å². The van der Waals surface area contributed by atoms with Gasteiger partial charge in [0.2, 0.25) is 5.95 Å². The Morgan fingerprint density at radius 1 is 1.39 bits per heavy atom. The van der Waals surface area contributed by atoms with Crippen molar-refractivity contribution in [1.82, 2.24) is 9.97 Å². The number of hydrazine groups is 1. The molecule has 1 fully saturated rings. The van der Waals surface area contributed by atoms with Gasteiger partial charge >= 0.3 is 0 Å². The van der Waals surface area contributed by atoms with Crippen LogP contribution in [0, 0.1) is 5.92 Å². The minimum absolute atomic E-state index is 0.246. The lowest BCUT2D eigenvalue weighted by Gasteiger charge is -2.35. The molecule has 6 heteroatoms. The van der Waals surface area contributed by atoms with Gasteiger partial charge in [-0.1, -0.05) is 19.8 Å². The molecule has 2 rings (SSSR count). The molecule has 2 unspecified atom stereocenters. The van der Waals surface area contributed by atoms with Gasteiger partial charge in [-0.25, -0.2) is 5.84 Å². The van der Waals surface area contributed by atoms with E-state index in [1.54, 1.807) is 0 Å². The van der Waals surface area contributed by atoms with E-state index in [1.165, 1.54) is 25.7 Å². The number of rotatable bonds is 3. The first-order valence-electron chi connectivity index (χ1n) is 6.44. The monoisotopic (exact) mass is 250 g/mol. The lowest BCUT2D eigenvalue weighted by atomic mass is 9.86. The van der Waals surface area contributed by atoms with E-state index in [2.05, 4.69) is 34.3 Å². The van der Waals surface area contributed by atoms with Crippen molar-refractivity contribution in [2.45, 2.75) is 38.6 Å². The van der Waals surface area contributed by atoms with Crippen LogP contribution in [0.25, 0.3) is 0 Å². The van der Waals surface area contributed by atoms with Gasteiger partial charge in [-0.15, -0.1) is 0 Å². The van der Waals surface area contributed by atoms with Crippen molar-refractivity contribution in [1.29, 1.82) is 0 Å². The quantitative estimate of drug-likeness (QED) is 0.554. The number of hydrogen-bond acceptors (Lipinski definition) is 6. The average molecular weight is 250 g/mol. The molecule has 1 aromatic rings. The molecule has 0 radical (unpaired) electrons. The molecule has 18 heavy (non-hydrogen) atoms. The molecule has 6 nitrogen and oxygen atoms in total. The van der Waals surface area contributed by atoms with Crippen LogP contribution in [0.4, 0.5) is 17.6 Å². The van der Waals surface area contributed by atoms with Crippen molar-refractivity contribution in [2.75, 3.05) is 23.1 Å². The molecular formula is C12H22N6. The van der Waals surface area contributed by atoms with Crippen LogP contribution in [0.15, 0.2) is 6.07 Å². The van der Waals surface area contributed by atoms with Gasteiger partial charge in [-0.2, -0.15) is 9.97 Å². The van der Waals surface area contributed by atoms with Crippen LogP contribution in [0.1, 0.15) is 32.6 Å². The van der Waals surface area contributed by atoms with Gasteiger partial charge in [-0.05, 0) is 18.8 Å². The third-order valence-electron chi connectivity index (χ3n) is 3.70. The Kier molecular flexibility index (Phi) is 3.86. The van der Waals surface area contributed by atoms with E-state index >= 15 is 0 Å². The summed E-state index contributed by atoms with van der Waals surface area (Å²) in [5, 5.41) is 0. The van der Waals surface area contributed by atoms with Crippen LogP contribution in [-0.2, 0) is 0 Å². The molecule has 1 aliphatic rings. The van der Waals surface area contributed by atoms with Crippen LogP contribution in [0.3, 0.4) is 0 Å². The van der Waals surface area contributed by atoms with Crippen molar-refractivity contribution in [3.63, 3.8) is 0 Å². The Balaban J connectivity index is 2.16. The molecule has 1 heterocycles. The summed E-state index contributed by atoms with van der Waals surface area (Å²) in [5.41, 5.74) is 8.20. The van der Waals surface area contributed by atoms with E-state index in [9.17, 15) is 0 Å². The molecule has 1 aliphatic carbocycles. The highest BCUT2D eigenvalue weighted by atomic mass is 15.3. The van der Waals surface area contributed by atoms with E-state index in [4.69, 9.17) is 11.6 Å². The predicted octanol–water partition coefficient (Wildman–Crippen LogP) is 1.36. The smallest absolute Gasteiger partial charge is 0.223 e. The summed E-state index contributed by atoms with van der Waals surface area (Å²) in [7, 11) is 2.06. The third kappa shape index (κ3) is 2.81. The number of anilines is 3. The van der Waals surface area contributed by atoms with Gasteiger partial charge in [0, 0.05) is 19.2 Å². The van der Waals surface area contributed by atoms with Crippen LogP contribution in [0.2, 0.25) is 0 Å². The second kappa shape index (κ2) is 5.39. The molecule has 1 aromatic heterocycles. The molecule has 2 atom stereocenters. The number of nitrogens with zero attached hydrogens (tertiary/aromatic N) is 3. The fraction of sp³-hybridized carbons (Fsp3) is 0.667. The highest BCUT2D eigenvalue weighted by Gasteiger charge is 2.23. The fourth-order valence-corrected chi connectivity index (χ4v) is 2.65. The van der Waals surface area contributed by atoms with Crippen molar-refractivity contribution in [2.24, 2.45) is 11.8 Å². The summed E-state index contributed by atoms with van der Waals surface area (Å²) >= 11 is 0. The van der Waals surface area contributed by atoms with E-state index in [-0.39, 0.29) is 5.95 Å². The maximum atomic E-state index is 5.69. The Bertz CT molecular complexity index is 408. The number of nitrogens with two attached hydrogens (primary N) is 2. The molecule has 0 aromatic carbocycles. The molecule has 5 N–H and O–H groups in total. The first-order valence-corrected chi connectivity index (χ1v) is 6.44. The maximum Gasteiger partial charge on any atom is 0.223 e. The van der Waals surface area contributed by atoms with E-state index in [0.29, 0.717) is 11.9 Å². The molecule has 100 valence electrons. The lowest BCUT2D eigenvalue weighted by molar-refractivity contribution is 0.335. The van der Waals surface area contributed by atoms with E-state index in [1.807, 2.05) is 6.07 Å². The topological polar surface area (TPSA) is 93.1 Å². The van der Waals surface area contributed by atoms with Gasteiger partial charge in [0.1, 0.15) is 11.6 Å². The highest BCUT2D eigenvalue weighted by molar-refractivity contribution is 5.52. The fourth-order valence-electron chi connectivity index (χ4n) is 2.65. The van der Waals surface area contributed by atoms with Crippen molar-refractivity contribution >= 4 is 17.6 Å². The second-order valence-corrected chi connectivity index (χ2v) is 5.15. The Hall–Kier alpha value is -1.56. The summed E-state index contributed by atoms with van der Waals surface area (Å²) < 4.78 is 0. The Morgan fingerprint density at radius 2 is 2.17 bits per heavy atom. The van der Waals surface area contributed by atoms with Crippen LogP contribution in [-0.4, -0.2) is 23.1 Å². The Labute approximate surface area is 108 Å². The van der Waals surface area contributed by atoms with E-state index in [0.717, 1.165) is 11.7 Å². The van der Waals surface area contributed by atoms with Gasteiger partial charge in [-0.3, -0.25) is 0 Å². The average Bonchev–Trinajstić information content (AvgIpc) is 2.37. The zero-order valence-electron chi connectivity index (χ0n) is 11.1. The van der Waals surface area contributed by atoms with Gasteiger partial charge in [0.05, 0.1) is 0 Å². The molecule has 1 saturated carbocycles. The summed E-state index contributed by atoms with van der Waals surface area (Å²) in [6.07, 6.45) is 5.01. The highest BCUT2D eigenvalue weighted by Crippen LogP contribution is 2.29. The number of hydrogen-bond donors (Lipinski definition) is 3. The Morgan fingerprint density at radius 3 is 2.83 bits per heavy atom. The first-order chi connectivity index (χ1) is 8.60. The third-order valence-corrected chi connectivity index (χ3v) is 3.70. The standard InChI is InChI=1S/C12H22N6/c1-8-4-3-5-9(6-8)18(2)11-7-10(17-14)15-12(13)16-11/h7-9H,3-6,14H2,1-2H3,(H3,13,15,16,17). The first kappa shape index (κ1) is 12.9. The zero-order valence-corrected chi connectivity index (χ0v) is 11.1. The SMILES string of the molecule is CC1CCCC(N(C)c2cc(NN)nc(N)n2)C1. The van der Waals surface area contributed by atoms with Crippen LogP contribution < -0.4 is 21.9 Å². The van der Waals surface area contributed by atoms with Crippen molar-refractivity contribution < 1.29 is 0 Å². The minimum atomic E-state index is 0.246. The summed E-state index contributed by atoms with van der Waals surface area (Å²) in [6, 6.07) is 2.35. The predicted molar refractivity (Wildman–Crippen MR) is 74.1 cm³/mol. The summed E-state index contributed by atoms with van der Waals surface area (Å²) in [5.74, 6) is 7.77. The molecule has 0 saturated heterocycles. The number of aromatic nitrogens is 2. The zero-order chi connectivity index (χ0) is 13.1. The van der Waals surface area contributed by atoms with Crippen LogP contribution in [0.5, 0.6) is 0 Å². The van der Waals surface area contributed by atoms with E-state index < -0.39 is 0 Å². The summed E-state index contributed by atoms with van der Waals surface area (Å²) in [4.78, 5) is 10.5. The number of nitrogen functional groups attached to an aromatic ring is 2.